The first-order chi connectivity index (χ1) is 22.2. The number of carbonyl (C=O) groups excluding carboxylic acids is 3. The van der Waals surface area contributed by atoms with Gasteiger partial charge in [-0.3, -0.25) is 14.4 Å². The highest BCUT2D eigenvalue weighted by Gasteiger charge is 2.62. The number of benzene rings is 1. The number of ether oxygens (including phenoxy) is 4. The molecule has 0 spiro atoms. The lowest BCUT2D eigenvalue weighted by atomic mass is 9.57. The van der Waals surface area contributed by atoms with E-state index in [0.717, 1.165) is 48.8 Å². The Hall–Kier alpha value is -2.65. The Labute approximate surface area is 272 Å². The molecular weight excluding hydrogens is 584 g/mol. The molecule has 1 saturated heterocycles. The summed E-state index contributed by atoms with van der Waals surface area (Å²) in [6.45, 7) is 4.26. The predicted octanol–water partition coefficient (Wildman–Crippen LogP) is 5.57. The molecule has 250 valence electrons. The van der Waals surface area contributed by atoms with Gasteiger partial charge >= 0.3 is 5.97 Å². The minimum Gasteiger partial charge on any atom is -0.462 e. The van der Waals surface area contributed by atoms with Crippen molar-refractivity contribution in [3.8, 4) is 0 Å². The minimum atomic E-state index is -1.15. The van der Waals surface area contributed by atoms with Crippen molar-refractivity contribution in [2.75, 3.05) is 20.8 Å². The molecule has 0 amide bonds. The Kier molecular flexibility index (Phi) is 10.3. The summed E-state index contributed by atoms with van der Waals surface area (Å²) in [7, 11) is 3.08. The molecule has 0 aromatic heterocycles. The normalized spacial score (nSPS) is 37.5. The highest BCUT2D eigenvalue weighted by molar-refractivity contribution is 6.24. The van der Waals surface area contributed by atoms with E-state index < -0.39 is 12.4 Å². The summed E-state index contributed by atoms with van der Waals surface area (Å²) in [6.07, 6.45) is 7.89. The number of cyclic esters (lactones) is 1. The molecule has 8 heteroatoms. The number of aliphatic hydroxyl groups excluding tert-OH is 1. The van der Waals surface area contributed by atoms with Crippen molar-refractivity contribution in [3.05, 3.63) is 53.6 Å². The Morgan fingerprint density at radius 2 is 1.67 bits per heavy atom. The topological polar surface area (TPSA) is 108 Å². The minimum absolute atomic E-state index is 0.0435. The molecule has 3 fully saturated rings. The number of Topliss-reactive ketones (excluding diaryl/α,β-unsaturated/α-hetero) is 2. The fraction of sp³-hybridized carbons (Fsp3) is 0.658. The van der Waals surface area contributed by atoms with E-state index >= 15 is 0 Å². The van der Waals surface area contributed by atoms with E-state index in [-0.39, 0.29) is 90.1 Å². The molecule has 1 aromatic rings. The van der Waals surface area contributed by atoms with E-state index in [0.29, 0.717) is 12.8 Å². The number of hydrogen-bond donors (Lipinski definition) is 1. The van der Waals surface area contributed by atoms with E-state index in [1.807, 2.05) is 44.2 Å². The largest absolute Gasteiger partial charge is 0.462 e. The van der Waals surface area contributed by atoms with Crippen molar-refractivity contribution >= 4 is 23.1 Å². The average Bonchev–Trinajstić information content (AvgIpc) is 3.74. The summed E-state index contributed by atoms with van der Waals surface area (Å²) >= 11 is 0. The number of esters is 1. The van der Waals surface area contributed by atoms with Crippen LogP contribution in [0.2, 0.25) is 0 Å². The number of methoxy groups -OCH3 is 2. The van der Waals surface area contributed by atoms with Crippen molar-refractivity contribution in [2.24, 2.45) is 47.3 Å². The lowest BCUT2D eigenvalue weighted by Gasteiger charge is -2.45. The molecule has 1 N–H and O–H groups in total. The van der Waals surface area contributed by atoms with Crippen LogP contribution in [0.3, 0.4) is 0 Å². The fourth-order valence-electron chi connectivity index (χ4n) is 9.50. The fourth-order valence-corrected chi connectivity index (χ4v) is 9.50. The molecule has 0 radical (unpaired) electrons. The predicted molar refractivity (Wildman–Crippen MR) is 172 cm³/mol. The lowest BCUT2D eigenvalue weighted by Crippen LogP contribution is -2.45. The van der Waals surface area contributed by atoms with Gasteiger partial charge in [-0.1, -0.05) is 62.8 Å². The van der Waals surface area contributed by atoms with E-state index in [1.165, 1.54) is 7.11 Å². The molecular formula is C38H50O8. The summed E-state index contributed by atoms with van der Waals surface area (Å²) in [4.78, 5) is 42.2. The summed E-state index contributed by atoms with van der Waals surface area (Å²) < 4.78 is 22.9. The average molecular weight is 635 g/mol. The van der Waals surface area contributed by atoms with Crippen molar-refractivity contribution in [1.82, 2.24) is 0 Å². The Morgan fingerprint density at radius 3 is 2.37 bits per heavy atom. The van der Waals surface area contributed by atoms with Crippen LogP contribution < -0.4 is 0 Å². The second kappa shape index (κ2) is 14.2. The Morgan fingerprint density at radius 1 is 0.957 bits per heavy atom. The second-order valence-electron chi connectivity index (χ2n) is 14.2. The third-order valence-corrected chi connectivity index (χ3v) is 11.7. The third kappa shape index (κ3) is 6.30. The third-order valence-electron chi connectivity index (χ3n) is 11.7. The van der Waals surface area contributed by atoms with Gasteiger partial charge in [-0.05, 0) is 79.3 Å². The first kappa shape index (κ1) is 33.3. The van der Waals surface area contributed by atoms with Gasteiger partial charge in [0.25, 0.3) is 0 Å². The van der Waals surface area contributed by atoms with Crippen molar-refractivity contribution in [2.45, 2.75) is 89.8 Å². The second-order valence-corrected chi connectivity index (χ2v) is 14.2. The van der Waals surface area contributed by atoms with Gasteiger partial charge in [0.1, 0.15) is 12.2 Å². The maximum absolute atomic E-state index is 14.5. The van der Waals surface area contributed by atoms with Crippen LogP contribution in [0.1, 0.15) is 70.8 Å². The van der Waals surface area contributed by atoms with E-state index in [1.54, 1.807) is 7.11 Å². The number of hydrogen-bond acceptors (Lipinski definition) is 8. The van der Waals surface area contributed by atoms with Gasteiger partial charge in [0, 0.05) is 37.5 Å². The number of aliphatic hydroxyl groups is 1. The molecule has 5 aliphatic rings. The van der Waals surface area contributed by atoms with E-state index in [9.17, 15) is 19.5 Å². The van der Waals surface area contributed by atoms with Crippen LogP contribution in [0, 0.1) is 47.3 Å². The van der Waals surface area contributed by atoms with Gasteiger partial charge in [-0.25, -0.2) is 0 Å². The smallest absolute Gasteiger partial charge is 0.306 e. The van der Waals surface area contributed by atoms with Crippen LogP contribution in [-0.2, 0) is 33.3 Å². The number of rotatable bonds is 8. The lowest BCUT2D eigenvalue weighted by molar-refractivity contribution is -0.204. The summed E-state index contributed by atoms with van der Waals surface area (Å²) in [5.41, 5.74) is 2.35. The van der Waals surface area contributed by atoms with Gasteiger partial charge in [0.15, 0.2) is 17.9 Å². The maximum Gasteiger partial charge on any atom is 0.306 e. The van der Waals surface area contributed by atoms with Crippen LogP contribution in [0.4, 0.5) is 0 Å². The quantitative estimate of drug-likeness (QED) is 0.292. The van der Waals surface area contributed by atoms with Crippen LogP contribution in [0.25, 0.3) is 5.57 Å². The van der Waals surface area contributed by atoms with Gasteiger partial charge in [-0.15, -0.1) is 0 Å². The van der Waals surface area contributed by atoms with Crippen molar-refractivity contribution in [3.63, 3.8) is 0 Å². The molecule has 4 unspecified atom stereocenters. The first-order valence-corrected chi connectivity index (χ1v) is 17.4. The van der Waals surface area contributed by atoms with E-state index in [2.05, 4.69) is 12.2 Å². The zero-order valence-corrected chi connectivity index (χ0v) is 27.6. The number of allylic oxidation sites excluding steroid dienone is 4. The van der Waals surface area contributed by atoms with Gasteiger partial charge < -0.3 is 24.1 Å². The molecule has 1 heterocycles. The Balaban J connectivity index is 1.37. The highest BCUT2D eigenvalue weighted by atomic mass is 16.6. The zero-order valence-electron chi connectivity index (χ0n) is 27.6. The summed E-state index contributed by atoms with van der Waals surface area (Å²) in [5, 5.41) is 10.9. The van der Waals surface area contributed by atoms with Gasteiger partial charge in [0.2, 0.25) is 0 Å². The number of carbonyl (C=O) groups is 3. The highest BCUT2D eigenvalue weighted by Crippen LogP contribution is 2.63. The zero-order chi connectivity index (χ0) is 32.5. The first-order valence-electron chi connectivity index (χ1n) is 17.4. The molecule has 6 rings (SSSR count). The number of fused-ring (bicyclic) bond motifs is 8. The molecule has 1 aliphatic heterocycles. The maximum atomic E-state index is 14.5. The van der Waals surface area contributed by atoms with Crippen LogP contribution in [-0.4, -0.2) is 68.1 Å². The number of ketones is 2. The molecule has 1 aromatic carbocycles. The standard InChI is InChI=1S/C38H50O8/c1-5-23-14-10-9-11-21(2)36(40)31-18-28-26-15-24(46-38(42)32(44-4)20-43-3)16-27(26)29-17-25(22-12-7-6-8-13-22)37(41)35(29)34(28)30(31)19-33(39)45-23/h6-8,12-13,17-18,21,23-24,26-30,32,34-35,38,42H,5,9-11,14-16,19-20H2,1-4H3/t21-,23+,24+,26-,27?,28+,29?,30-,32+,34-,35?,38?/m1/s1. The monoisotopic (exact) mass is 634 g/mol. The summed E-state index contributed by atoms with van der Waals surface area (Å²) in [6, 6.07) is 9.81. The molecule has 46 heavy (non-hydrogen) atoms. The molecule has 4 aliphatic carbocycles. The van der Waals surface area contributed by atoms with Crippen molar-refractivity contribution < 1.29 is 38.4 Å². The summed E-state index contributed by atoms with van der Waals surface area (Å²) in [5.74, 6) is -0.890. The molecule has 0 bridgehead atoms. The molecule has 8 nitrogen and oxygen atoms in total. The van der Waals surface area contributed by atoms with Crippen molar-refractivity contribution in [1.29, 1.82) is 0 Å². The molecule has 2 saturated carbocycles. The van der Waals surface area contributed by atoms with Crippen LogP contribution >= 0.6 is 0 Å². The van der Waals surface area contributed by atoms with Crippen LogP contribution in [0.5, 0.6) is 0 Å². The van der Waals surface area contributed by atoms with Crippen LogP contribution in [0.15, 0.2) is 48.1 Å². The van der Waals surface area contributed by atoms with Gasteiger partial charge in [0.05, 0.1) is 19.1 Å². The van der Waals surface area contributed by atoms with Gasteiger partial charge in [-0.2, -0.15) is 0 Å². The Bertz CT molecular complexity index is 1340. The SMILES string of the molecule is CC[C@H]1CCCC[C@@H](C)C(=O)C2=C[C@@H]3[C@@H](C4C(=O)C(c5ccccc5)=CC4C4C[C@@H](OC(O)[C@H](COC)OC)C[C@H]43)[C@@H]2CC(=O)O1. The molecule has 12 atom stereocenters. The van der Waals surface area contributed by atoms with E-state index in [4.69, 9.17) is 18.9 Å².